The summed E-state index contributed by atoms with van der Waals surface area (Å²) in [4.78, 5) is 0. The van der Waals surface area contributed by atoms with Gasteiger partial charge >= 0.3 is 0 Å². The molecule has 2 rings (SSSR count). The van der Waals surface area contributed by atoms with Crippen molar-refractivity contribution in [3.05, 3.63) is 52.3 Å². The van der Waals surface area contributed by atoms with Gasteiger partial charge in [0, 0.05) is 0 Å². The minimum Gasteiger partial charge on any atom is -0.398 e. The molecule has 0 aromatic heterocycles. The summed E-state index contributed by atoms with van der Waals surface area (Å²) in [6, 6.07) is 9.75. The molecule has 0 saturated carbocycles. The first kappa shape index (κ1) is 11.2. The molecule has 0 saturated heterocycles. The monoisotopic (exact) mass is 255 g/mol. The first-order valence-corrected chi connectivity index (χ1v) is 5.34. The van der Waals surface area contributed by atoms with E-state index in [-0.39, 0.29) is 5.02 Å². The second-order valence-corrected chi connectivity index (χ2v) is 4.18. The average molecular weight is 256 g/mol. The molecule has 0 aliphatic rings. The summed E-state index contributed by atoms with van der Waals surface area (Å²) in [7, 11) is 0. The van der Waals surface area contributed by atoms with Crippen molar-refractivity contribution in [3.63, 3.8) is 0 Å². The SMILES string of the molecule is Nc1cc(-c2ccc(F)c(Cl)c2)ccc1Cl. The summed E-state index contributed by atoms with van der Waals surface area (Å²) >= 11 is 11.5. The van der Waals surface area contributed by atoms with Crippen LogP contribution in [0.15, 0.2) is 36.4 Å². The predicted molar refractivity (Wildman–Crippen MR) is 66.3 cm³/mol. The highest BCUT2D eigenvalue weighted by Crippen LogP contribution is 2.29. The zero-order valence-corrected chi connectivity index (χ0v) is 9.69. The largest absolute Gasteiger partial charge is 0.398 e. The Morgan fingerprint density at radius 2 is 1.50 bits per heavy atom. The normalized spacial score (nSPS) is 10.4. The summed E-state index contributed by atoms with van der Waals surface area (Å²) in [5.41, 5.74) is 7.82. The van der Waals surface area contributed by atoms with Crippen molar-refractivity contribution < 1.29 is 4.39 Å². The number of benzene rings is 2. The second kappa shape index (κ2) is 4.32. The van der Waals surface area contributed by atoms with E-state index in [1.165, 1.54) is 6.07 Å². The van der Waals surface area contributed by atoms with Crippen LogP contribution in [-0.4, -0.2) is 0 Å². The van der Waals surface area contributed by atoms with Crippen molar-refractivity contribution in [1.29, 1.82) is 0 Å². The molecule has 1 nitrogen and oxygen atoms in total. The molecule has 2 aromatic rings. The molecule has 16 heavy (non-hydrogen) atoms. The standard InChI is InChI=1S/C12H8Cl2FN/c13-9-3-1-8(6-12(9)16)7-2-4-11(15)10(14)5-7/h1-6H,16H2. The van der Waals surface area contributed by atoms with Crippen LogP contribution in [0.4, 0.5) is 10.1 Å². The van der Waals surface area contributed by atoms with Gasteiger partial charge in [-0.1, -0.05) is 35.3 Å². The van der Waals surface area contributed by atoms with Crippen molar-refractivity contribution in [1.82, 2.24) is 0 Å². The maximum atomic E-state index is 13.0. The minimum atomic E-state index is -0.438. The lowest BCUT2D eigenvalue weighted by Gasteiger charge is -2.05. The molecule has 0 aliphatic heterocycles. The molecule has 0 spiro atoms. The van der Waals surface area contributed by atoms with Gasteiger partial charge < -0.3 is 5.73 Å². The molecule has 0 radical (unpaired) electrons. The van der Waals surface area contributed by atoms with Crippen molar-refractivity contribution in [2.75, 3.05) is 5.73 Å². The molecule has 0 aliphatic carbocycles. The van der Waals surface area contributed by atoms with Crippen molar-refractivity contribution in [3.8, 4) is 11.1 Å². The van der Waals surface area contributed by atoms with Crippen LogP contribution in [0.2, 0.25) is 10.0 Å². The Morgan fingerprint density at radius 3 is 2.12 bits per heavy atom. The topological polar surface area (TPSA) is 26.0 Å². The van der Waals surface area contributed by atoms with E-state index < -0.39 is 5.82 Å². The number of hydrogen-bond donors (Lipinski definition) is 1. The molecular formula is C12H8Cl2FN. The lowest BCUT2D eigenvalue weighted by molar-refractivity contribution is 0.628. The molecule has 0 bridgehead atoms. The molecule has 2 N–H and O–H groups in total. The third-order valence-electron chi connectivity index (χ3n) is 2.25. The molecule has 4 heteroatoms. The second-order valence-electron chi connectivity index (χ2n) is 3.37. The van der Waals surface area contributed by atoms with Crippen molar-refractivity contribution in [2.24, 2.45) is 0 Å². The number of anilines is 1. The van der Waals surface area contributed by atoms with E-state index in [0.29, 0.717) is 10.7 Å². The fourth-order valence-corrected chi connectivity index (χ4v) is 1.70. The van der Waals surface area contributed by atoms with Crippen LogP contribution < -0.4 is 5.73 Å². The van der Waals surface area contributed by atoms with Crippen molar-refractivity contribution in [2.45, 2.75) is 0 Å². The minimum absolute atomic E-state index is 0.0889. The van der Waals surface area contributed by atoms with Crippen LogP contribution in [0.1, 0.15) is 0 Å². The van der Waals surface area contributed by atoms with Crippen LogP contribution in [0, 0.1) is 5.82 Å². The smallest absolute Gasteiger partial charge is 0.141 e. The van der Waals surface area contributed by atoms with Gasteiger partial charge in [-0.15, -0.1) is 0 Å². The number of nitrogen functional groups attached to an aromatic ring is 1. The predicted octanol–water partition coefficient (Wildman–Crippen LogP) is 4.38. The van der Waals surface area contributed by atoms with Gasteiger partial charge in [-0.3, -0.25) is 0 Å². The van der Waals surface area contributed by atoms with E-state index in [2.05, 4.69) is 0 Å². The van der Waals surface area contributed by atoms with Crippen LogP contribution in [0.3, 0.4) is 0 Å². The fraction of sp³-hybridized carbons (Fsp3) is 0. The number of rotatable bonds is 1. The quantitative estimate of drug-likeness (QED) is 0.752. The fourth-order valence-electron chi connectivity index (χ4n) is 1.40. The summed E-state index contributed by atoms with van der Waals surface area (Å²) in [5, 5.41) is 0.586. The zero-order chi connectivity index (χ0) is 11.7. The van der Waals surface area contributed by atoms with E-state index in [1.807, 2.05) is 6.07 Å². The first-order chi connectivity index (χ1) is 7.58. The number of halogens is 3. The summed E-state index contributed by atoms with van der Waals surface area (Å²) in [5.74, 6) is -0.438. The molecule has 0 amide bonds. The average Bonchev–Trinajstić information content (AvgIpc) is 2.26. The van der Waals surface area contributed by atoms with Gasteiger partial charge in [-0.05, 0) is 35.4 Å². The molecule has 0 unspecified atom stereocenters. The highest BCUT2D eigenvalue weighted by Gasteiger charge is 2.04. The first-order valence-electron chi connectivity index (χ1n) is 4.58. The van der Waals surface area contributed by atoms with Crippen LogP contribution in [-0.2, 0) is 0 Å². The van der Waals surface area contributed by atoms with E-state index in [0.717, 1.165) is 11.1 Å². The zero-order valence-electron chi connectivity index (χ0n) is 8.18. The highest BCUT2D eigenvalue weighted by molar-refractivity contribution is 6.33. The van der Waals surface area contributed by atoms with E-state index in [4.69, 9.17) is 28.9 Å². The molecule has 0 atom stereocenters. The molecule has 0 fully saturated rings. The van der Waals surface area contributed by atoms with Gasteiger partial charge in [0.05, 0.1) is 15.7 Å². The van der Waals surface area contributed by atoms with Crippen LogP contribution >= 0.6 is 23.2 Å². The van der Waals surface area contributed by atoms with Crippen LogP contribution in [0.25, 0.3) is 11.1 Å². The lowest BCUT2D eigenvalue weighted by Crippen LogP contribution is -1.87. The Hall–Kier alpha value is -1.25. The Labute approximate surface area is 103 Å². The highest BCUT2D eigenvalue weighted by atomic mass is 35.5. The van der Waals surface area contributed by atoms with E-state index >= 15 is 0 Å². The Kier molecular flexibility index (Phi) is 3.03. The number of nitrogens with two attached hydrogens (primary N) is 1. The Balaban J connectivity index is 2.50. The Morgan fingerprint density at radius 1 is 0.875 bits per heavy atom. The molecular weight excluding hydrogens is 248 g/mol. The maximum absolute atomic E-state index is 13.0. The van der Waals surface area contributed by atoms with Gasteiger partial charge in [0.2, 0.25) is 0 Å². The molecule has 0 heterocycles. The Bertz CT molecular complexity index is 491. The summed E-state index contributed by atoms with van der Waals surface area (Å²) in [6.07, 6.45) is 0. The summed E-state index contributed by atoms with van der Waals surface area (Å²) < 4.78 is 13.0. The van der Waals surface area contributed by atoms with E-state index in [9.17, 15) is 4.39 Å². The molecule has 82 valence electrons. The van der Waals surface area contributed by atoms with E-state index in [1.54, 1.807) is 24.3 Å². The van der Waals surface area contributed by atoms with Gasteiger partial charge in [-0.25, -0.2) is 4.39 Å². The summed E-state index contributed by atoms with van der Waals surface area (Å²) in [6.45, 7) is 0. The lowest BCUT2D eigenvalue weighted by atomic mass is 10.1. The maximum Gasteiger partial charge on any atom is 0.141 e. The van der Waals surface area contributed by atoms with Gasteiger partial charge in [-0.2, -0.15) is 0 Å². The van der Waals surface area contributed by atoms with Gasteiger partial charge in [0.1, 0.15) is 5.82 Å². The molecule has 2 aromatic carbocycles. The van der Waals surface area contributed by atoms with Crippen LogP contribution in [0.5, 0.6) is 0 Å². The third-order valence-corrected chi connectivity index (χ3v) is 2.88. The van der Waals surface area contributed by atoms with Gasteiger partial charge in [0.25, 0.3) is 0 Å². The number of hydrogen-bond acceptors (Lipinski definition) is 1. The van der Waals surface area contributed by atoms with Crippen molar-refractivity contribution >= 4 is 28.9 Å². The third kappa shape index (κ3) is 2.13. The van der Waals surface area contributed by atoms with Gasteiger partial charge in [0.15, 0.2) is 0 Å².